The van der Waals surface area contributed by atoms with E-state index < -0.39 is 12.0 Å². The number of methoxy groups -OCH3 is 1. The summed E-state index contributed by atoms with van der Waals surface area (Å²) >= 11 is 1.71. The maximum atomic E-state index is 11.1. The van der Waals surface area contributed by atoms with Gasteiger partial charge in [-0.25, -0.2) is 0 Å². The molecule has 0 spiro atoms. The molecule has 2 aliphatic rings. The Kier molecular flexibility index (Phi) is 5.69. The summed E-state index contributed by atoms with van der Waals surface area (Å²) in [7, 11) is 1.66. The molecule has 2 unspecified atom stereocenters. The lowest BCUT2D eigenvalue weighted by molar-refractivity contribution is -0.126. The van der Waals surface area contributed by atoms with Crippen molar-refractivity contribution in [2.75, 3.05) is 13.7 Å². The number of aliphatic imine (C=N–C) groups is 1. The van der Waals surface area contributed by atoms with Crippen LogP contribution in [0.2, 0.25) is 0 Å². The summed E-state index contributed by atoms with van der Waals surface area (Å²) in [5.41, 5.74) is 7.44. The first-order chi connectivity index (χ1) is 10.5. The SMILES string of the molecule is CCCN=C1SC2=C(C1=C(C)OC)C(CC(O)C(N)=O)CC2. The van der Waals surface area contributed by atoms with Crippen LogP contribution >= 0.6 is 11.8 Å². The lowest BCUT2D eigenvalue weighted by atomic mass is 9.89. The Balaban J connectivity index is 2.30. The van der Waals surface area contributed by atoms with Gasteiger partial charge in [0.1, 0.15) is 16.9 Å². The number of amides is 1. The van der Waals surface area contributed by atoms with Crippen LogP contribution in [-0.2, 0) is 9.53 Å². The van der Waals surface area contributed by atoms with Crippen molar-refractivity contribution in [2.45, 2.75) is 45.6 Å². The zero-order valence-corrected chi connectivity index (χ0v) is 14.2. The summed E-state index contributed by atoms with van der Waals surface area (Å²) in [4.78, 5) is 17.1. The van der Waals surface area contributed by atoms with Gasteiger partial charge in [-0.05, 0) is 49.0 Å². The minimum Gasteiger partial charge on any atom is -0.501 e. The maximum Gasteiger partial charge on any atom is 0.246 e. The lowest BCUT2D eigenvalue weighted by Crippen LogP contribution is -2.30. The first kappa shape index (κ1) is 17.1. The van der Waals surface area contributed by atoms with Crippen LogP contribution in [0.5, 0.6) is 0 Å². The standard InChI is InChI=1S/C16H24N2O3S/c1-4-7-18-16-13(9(2)21-3)14-10(5-6-12(14)22-16)8-11(19)15(17)20/h10-11,19H,4-8H2,1-3H3,(H2,17,20). The predicted molar refractivity (Wildman–Crippen MR) is 89.5 cm³/mol. The molecule has 0 aromatic rings. The van der Waals surface area contributed by atoms with Crippen LogP contribution in [0.4, 0.5) is 0 Å². The fourth-order valence-electron chi connectivity index (χ4n) is 2.93. The van der Waals surface area contributed by atoms with Crippen LogP contribution in [0.15, 0.2) is 26.8 Å². The zero-order chi connectivity index (χ0) is 16.3. The third-order valence-corrected chi connectivity index (χ3v) is 5.30. The molecule has 0 saturated carbocycles. The molecule has 5 nitrogen and oxygen atoms in total. The van der Waals surface area contributed by atoms with E-state index in [-0.39, 0.29) is 5.92 Å². The first-order valence-corrected chi connectivity index (χ1v) is 8.49. The van der Waals surface area contributed by atoms with Crippen LogP contribution < -0.4 is 5.73 Å². The van der Waals surface area contributed by atoms with Crippen molar-refractivity contribution in [1.29, 1.82) is 0 Å². The number of hydrogen-bond donors (Lipinski definition) is 2. The average Bonchev–Trinajstić information content (AvgIpc) is 3.03. The van der Waals surface area contributed by atoms with E-state index in [1.54, 1.807) is 18.9 Å². The largest absolute Gasteiger partial charge is 0.501 e. The summed E-state index contributed by atoms with van der Waals surface area (Å²) in [6.45, 7) is 4.83. The van der Waals surface area contributed by atoms with Crippen molar-refractivity contribution in [2.24, 2.45) is 16.6 Å². The molecular weight excluding hydrogens is 300 g/mol. The minimum atomic E-state index is -1.09. The van der Waals surface area contributed by atoms with Gasteiger partial charge in [0.2, 0.25) is 5.91 Å². The van der Waals surface area contributed by atoms with Crippen LogP contribution in [-0.4, -0.2) is 35.8 Å². The van der Waals surface area contributed by atoms with E-state index in [1.165, 1.54) is 10.5 Å². The average molecular weight is 324 g/mol. The number of allylic oxidation sites excluding steroid dienone is 3. The van der Waals surface area contributed by atoms with Gasteiger partial charge >= 0.3 is 0 Å². The number of aliphatic hydroxyl groups excluding tert-OH is 1. The molecule has 122 valence electrons. The van der Waals surface area contributed by atoms with Gasteiger partial charge < -0.3 is 15.6 Å². The smallest absolute Gasteiger partial charge is 0.246 e. The molecule has 22 heavy (non-hydrogen) atoms. The van der Waals surface area contributed by atoms with Crippen molar-refractivity contribution in [1.82, 2.24) is 0 Å². The maximum absolute atomic E-state index is 11.1. The molecule has 2 atom stereocenters. The van der Waals surface area contributed by atoms with Crippen LogP contribution in [0, 0.1) is 5.92 Å². The van der Waals surface area contributed by atoms with Gasteiger partial charge in [0.25, 0.3) is 0 Å². The second-order valence-electron chi connectivity index (χ2n) is 5.65. The highest BCUT2D eigenvalue weighted by atomic mass is 32.2. The Labute approximate surface area is 135 Å². The molecule has 1 amide bonds. The van der Waals surface area contributed by atoms with Gasteiger partial charge in [-0.1, -0.05) is 18.7 Å². The van der Waals surface area contributed by atoms with Gasteiger partial charge in [0.05, 0.1) is 7.11 Å². The quantitative estimate of drug-likeness (QED) is 0.735. The van der Waals surface area contributed by atoms with E-state index in [9.17, 15) is 9.90 Å². The second kappa shape index (κ2) is 7.33. The molecule has 0 radical (unpaired) electrons. The topological polar surface area (TPSA) is 84.9 Å². The van der Waals surface area contributed by atoms with E-state index in [0.29, 0.717) is 6.42 Å². The van der Waals surface area contributed by atoms with Crippen LogP contribution in [0.1, 0.15) is 39.5 Å². The zero-order valence-electron chi connectivity index (χ0n) is 13.4. The van der Waals surface area contributed by atoms with Crippen molar-refractivity contribution in [3.05, 3.63) is 21.8 Å². The molecule has 6 heteroatoms. The predicted octanol–water partition coefficient (Wildman–Crippen LogP) is 2.36. The van der Waals surface area contributed by atoms with E-state index in [0.717, 1.165) is 42.2 Å². The second-order valence-corrected chi connectivity index (χ2v) is 6.73. The fraction of sp³-hybridized carbons (Fsp3) is 0.625. The third-order valence-electron chi connectivity index (χ3n) is 4.11. The molecule has 1 heterocycles. The first-order valence-electron chi connectivity index (χ1n) is 7.67. The molecule has 1 aliphatic heterocycles. The molecule has 0 aromatic heterocycles. The Morgan fingerprint density at radius 3 is 2.91 bits per heavy atom. The summed E-state index contributed by atoms with van der Waals surface area (Å²) in [6.07, 6.45) is 2.17. The van der Waals surface area contributed by atoms with Crippen LogP contribution in [0.3, 0.4) is 0 Å². The van der Waals surface area contributed by atoms with Crippen LogP contribution in [0.25, 0.3) is 0 Å². The van der Waals surface area contributed by atoms with Crippen molar-refractivity contribution < 1.29 is 14.6 Å². The van der Waals surface area contributed by atoms with E-state index in [2.05, 4.69) is 11.9 Å². The van der Waals surface area contributed by atoms with E-state index in [4.69, 9.17) is 10.5 Å². The molecular formula is C16H24N2O3S. The van der Waals surface area contributed by atoms with Gasteiger partial charge in [-0.15, -0.1) is 0 Å². The number of hydrogen-bond acceptors (Lipinski definition) is 5. The molecule has 2 rings (SSSR count). The molecule has 0 saturated heterocycles. The number of carbonyl (C=O) groups excluding carboxylic acids is 1. The van der Waals surface area contributed by atoms with Gasteiger partial charge in [0, 0.05) is 12.1 Å². The summed E-state index contributed by atoms with van der Waals surface area (Å²) in [5, 5.41) is 10.8. The Morgan fingerprint density at radius 2 is 2.32 bits per heavy atom. The van der Waals surface area contributed by atoms with Gasteiger partial charge in [-0.2, -0.15) is 0 Å². The third kappa shape index (κ3) is 3.38. The Hall–Kier alpha value is -1.27. The van der Waals surface area contributed by atoms with Crippen molar-refractivity contribution >= 4 is 22.7 Å². The van der Waals surface area contributed by atoms with E-state index in [1.807, 2.05) is 6.92 Å². The number of thioether (sulfide) groups is 1. The normalized spacial score (nSPS) is 26.4. The summed E-state index contributed by atoms with van der Waals surface area (Å²) in [5.74, 6) is 0.320. The number of nitrogens with two attached hydrogens (primary N) is 1. The molecule has 1 aliphatic carbocycles. The van der Waals surface area contributed by atoms with Crippen molar-refractivity contribution in [3.8, 4) is 0 Å². The number of aliphatic hydroxyl groups is 1. The van der Waals surface area contributed by atoms with Gasteiger partial charge in [0.15, 0.2) is 0 Å². The number of primary amides is 1. The summed E-state index contributed by atoms with van der Waals surface area (Å²) < 4.78 is 5.45. The molecule has 0 bridgehead atoms. The number of ether oxygens (including phenoxy) is 1. The summed E-state index contributed by atoms with van der Waals surface area (Å²) in [6, 6.07) is 0. The molecule has 0 fully saturated rings. The highest BCUT2D eigenvalue weighted by molar-refractivity contribution is 8.18. The number of nitrogens with zero attached hydrogens (tertiary/aromatic N) is 1. The van der Waals surface area contributed by atoms with Gasteiger partial charge in [-0.3, -0.25) is 9.79 Å². The highest BCUT2D eigenvalue weighted by Crippen LogP contribution is 2.52. The lowest BCUT2D eigenvalue weighted by Gasteiger charge is -2.19. The minimum absolute atomic E-state index is 0.138. The molecule has 3 N–H and O–H groups in total. The number of rotatable bonds is 6. The molecule has 0 aromatic carbocycles. The Morgan fingerprint density at radius 1 is 1.59 bits per heavy atom. The van der Waals surface area contributed by atoms with Crippen molar-refractivity contribution in [3.63, 3.8) is 0 Å². The number of carbonyl (C=O) groups is 1. The van der Waals surface area contributed by atoms with E-state index >= 15 is 0 Å². The fourth-order valence-corrected chi connectivity index (χ4v) is 4.28. The monoisotopic (exact) mass is 324 g/mol. The Bertz CT molecular complexity index is 552. The highest BCUT2D eigenvalue weighted by Gasteiger charge is 2.39.